The second-order valence-electron chi connectivity index (χ2n) is 6.72. The van der Waals surface area contributed by atoms with Gasteiger partial charge in [0, 0.05) is 6.07 Å². The lowest BCUT2D eigenvalue weighted by Crippen LogP contribution is -1.91. The Kier molecular flexibility index (Phi) is 3.65. The van der Waals surface area contributed by atoms with Gasteiger partial charge in [-0.3, -0.25) is 0 Å². The number of rotatable bonds is 3. The van der Waals surface area contributed by atoms with Gasteiger partial charge >= 0.3 is 0 Å². The number of benzene rings is 3. The van der Waals surface area contributed by atoms with E-state index in [9.17, 15) is 0 Å². The molecule has 130 valence electrons. The van der Waals surface area contributed by atoms with Crippen LogP contribution in [0.25, 0.3) is 22.3 Å². The molecule has 0 unspecified atom stereocenters. The smallest absolute Gasteiger partial charge is 0.219 e. The van der Waals surface area contributed by atoms with Crippen molar-refractivity contribution in [1.82, 2.24) is 4.98 Å². The number of nitrogen functional groups attached to an aromatic ring is 1. The third-order valence-corrected chi connectivity index (χ3v) is 5.00. The van der Waals surface area contributed by atoms with Crippen molar-refractivity contribution in [2.45, 2.75) is 6.42 Å². The lowest BCUT2D eigenvalue weighted by Gasteiger charge is -2.10. The first-order valence-corrected chi connectivity index (χ1v) is 8.98. The lowest BCUT2D eigenvalue weighted by molar-refractivity contribution is 0.463. The van der Waals surface area contributed by atoms with Crippen LogP contribution in [-0.2, 0) is 6.42 Å². The molecule has 1 aromatic heterocycles. The van der Waals surface area contributed by atoms with Crippen molar-refractivity contribution in [2.75, 3.05) is 5.73 Å². The number of fused-ring (bicyclic) bond motifs is 3. The number of anilines is 1. The van der Waals surface area contributed by atoms with E-state index in [1.807, 2.05) is 12.1 Å². The normalized spacial score (nSPS) is 11.7. The van der Waals surface area contributed by atoms with Crippen LogP contribution in [0.5, 0.6) is 11.6 Å². The van der Waals surface area contributed by atoms with Gasteiger partial charge in [0.1, 0.15) is 5.75 Å². The fourth-order valence-corrected chi connectivity index (χ4v) is 3.70. The van der Waals surface area contributed by atoms with Crippen molar-refractivity contribution in [2.24, 2.45) is 0 Å². The molecule has 1 aliphatic rings. The molecular formula is C24H18N2O. The molecular weight excluding hydrogens is 332 g/mol. The maximum absolute atomic E-state index is 5.80. The number of hydrogen-bond donors (Lipinski definition) is 1. The van der Waals surface area contributed by atoms with Gasteiger partial charge in [-0.15, -0.1) is 0 Å². The minimum absolute atomic E-state index is 0.535. The Morgan fingerprint density at radius 2 is 1.52 bits per heavy atom. The summed E-state index contributed by atoms with van der Waals surface area (Å²) < 4.78 is 5.80. The Hall–Kier alpha value is -3.59. The van der Waals surface area contributed by atoms with Gasteiger partial charge in [-0.05, 0) is 58.0 Å². The van der Waals surface area contributed by atoms with Crippen molar-refractivity contribution < 1.29 is 4.74 Å². The average Bonchev–Trinajstić information content (AvgIpc) is 3.09. The molecule has 3 nitrogen and oxygen atoms in total. The quantitative estimate of drug-likeness (QED) is 0.454. The van der Waals surface area contributed by atoms with Gasteiger partial charge in [-0.25, -0.2) is 4.98 Å². The molecule has 0 aliphatic heterocycles. The number of nitrogens with zero attached hydrogens (tertiary/aromatic N) is 1. The van der Waals surface area contributed by atoms with E-state index in [1.165, 1.54) is 33.4 Å². The Bertz CT molecular complexity index is 1120. The van der Waals surface area contributed by atoms with Gasteiger partial charge in [0.25, 0.3) is 0 Å². The van der Waals surface area contributed by atoms with Crippen LogP contribution in [0.3, 0.4) is 0 Å². The van der Waals surface area contributed by atoms with E-state index in [0.717, 1.165) is 12.2 Å². The molecule has 0 saturated carbocycles. The van der Waals surface area contributed by atoms with Crippen molar-refractivity contribution in [3.63, 3.8) is 0 Å². The second kappa shape index (κ2) is 6.29. The molecule has 3 aromatic carbocycles. The predicted octanol–water partition coefficient (Wildman–Crippen LogP) is 5.69. The van der Waals surface area contributed by atoms with Crippen molar-refractivity contribution in [1.29, 1.82) is 0 Å². The molecule has 0 saturated heterocycles. The third-order valence-electron chi connectivity index (χ3n) is 5.00. The van der Waals surface area contributed by atoms with Crippen molar-refractivity contribution in [3.05, 3.63) is 96.2 Å². The first-order chi connectivity index (χ1) is 13.3. The molecule has 0 fully saturated rings. The van der Waals surface area contributed by atoms with Crippen LogP contribution in [0.4, 0.5) is 5.69 Å². The van der Waals surface area contributed by atoms with Gasteiger partial charge in [0.2, 0.25) is 5.88 Å². The van der Waals surface area contributed by atoms with Crippen LogP contribution in [-0.4, -0.2) is 4.98 Å². The molecule has 27 heavy (non-hydrogen) atoms. The number of nitrogens with two attached hydrogens (primary N) is 1. The maximum Gasteiger partial charge on any atom is 0.219 e. The molecule has 2 N–H and O–H groups in total. The van der Waals surface area contributed by atoms with Gasteiger partial charge in [0.05, 0.1) is 11.9 Å². The largest absolute Gasteiger partial charge is 0.439 e. The van der Waals surface area contributed by atoms with E-state index in [4.69, 9.17) is 10.5 Å². The van der Waals surface area contributed by atoms with Crippen LogP contribution in [0.1, 0.15) is 11.1 Å². The highest BCUT2D eigenvalue weighted by Crippen LogP contribution is 2.41. The van der Waals surface area contributed by atoms with Crippen molar-refractivity contribution >= 4 is 5.69 Å². The fourth-order valence-electron chi connectivity index (χ4n) is 3.70. The van der Waals surface area contributed by atoms with E-state index in [-0.39, 0.29) is 0 Å². The minimum Gasteiger partial charge on any atom is -0.439 e. The number of hydrogen-bond acceptors (Lipinski definition) is 3. The van der Waals surface area contributed by atoms with E-state index in [0.29, 0.717) is 11.6 Å². The highest BCUT2D eigenvalue weighted by Gasteiger charge is 2.20. The zero-order valence-corrected chi connectivity index (χ0v) is 14.7. The van der Waals surface area contributed by atoms with Gasteiger partial charge in [-0.2, -0.15) is 0 Å². The molecule has 0 spiro atoms. The highest BCUT2D eigenvalue weighted by atomic mass is 16.5. The molecule has 1 aliphatic carbocycles. The average molecular weight is 350 g/mol. The summed E-state index contributed by atoms with van der Waals surface area (Å²) in [4.78, 5) is 4.18. The van der Waals surface area contributed by atoms with E-state index >= 15 is 0 Å². The van der Waals surface area contributed by atoms with Crippen LogP contribution < -0.4 is 10.5 Å². The Morgan fingerprint density at radius 1 is 0.741 bits per heavy atom. The molecule has 5 rings (SSSR count). The number of aromatic nitrogens is 1. The molecule has 0 bridgehead atoms. The van der Waals surface area contributed by atoms with Gasteiger partial charge < -0.3 is 10.5 Å². The fraction of sp³-hybridized carbons (Fsp3) is 0.0417. The van der Waals surface area contributed by atoms with E-state index in [2.05, 4.69) is 59.6 Å². The van der Waals surface area contributed by atoms with Crippen LogP contribution >= 0.6 is 0 Å². The molecule has 4 aromatic rings. The Labute approximate surface area is 158 Å². The summed E-state index contributed by atoms with van der Waals surface area (Å²) in [6, 6.07) is 26.9. The summed E-state index contributed by atoms with van der Waals surface area (Å²) in [5.41, 5.74) is 14.2. The van der Waals surface area contributed by atoms with Crippen LogP contribution in [0.15, 0.2) is 85.1 Å². The Morgan fingerprint density at radius 3 is 2.33 bits per heavy atom. The second-order valence-corrected chi connectivity index (χ2v) is 6.72. The minimum atomic E-state index is 0.535. The van der Waals surface area contributed by atoms with Crippen molar-refractivity contribution in [3.8, 4) is 33.9 Å². The summed E-state index contributed by atoms with van der Waals surface area (Å²) in [5, 5.41) is 0. The summed E-state index contributed by atoms with van der Waals surface area (Å²) in [5.74, 6) is 1.29. The summed E-state index contributed by atoms with van der Waals surface area (Å²) in [6.07, 6.45) is 2.57. The molecule has 1 heterocycles. The summed E-state index contributed by atoms with van der Waals surface area (Å²) in [6.45, 7) is 0. The van der Waals surface area contributed by atoms with E-state index in [1.54, 1.807) is 18.3 Å². The lowest BCUT2D eigenvalue weighted by atomic mass is 9.96. The zero-order chi connectivity index (χ0) is 18.2. The third kappa shape index (κ3) is 2.83. The number of ether oxygens (including phenoxy) is 1. The summed E-state index contributed by atoms with van der Waals surface area (Å²) >= 11 is 0. The predicted molar refractivity (Wildman–Crippen MR) is 109 cm³/mol. The maximum atomic E-state index is 5.80. The molecule has 0 radical (unpaired) electrons. The molecule has 0 atom stereocenters. The standard InChI is InChI=1S/C24H18N2O/c25-18-10-13-24(26-15-18)27-19-11-8-16(9-12-19)20-6-3-7-22-21-5-2-1-4-17(21)14-23(20)22/h1-13,15H,14,25H2. The van der Waals surface area contributed by atoms with Crippen LogP contribution in [0, 0.1) is 0 Å². The van der Waals surface area contributed by atoms with Gasteiger partial charge in [0.15, 0.2) is 0 Å². The molecule has 0 amide bonds. The number of pyridine rings is 1. The topological polar surface area (TPSA) is 48.1 Å². The Balaban J connectivity index is 1.46. The van der Waals surface area contributed by atoms with Gasteiger partial charge in [-0.1, -0.05) is 54.6 Å². The van der Waals surface area contributed by atoms with E-state index < -0.39 is 0 Å². The first kappa shape index (κ1) is 15.6. The first-order valence-electron chi connectivity index (χ1n) is 8.98. The highest BCUT2D eigenvalue weighted by molar-refractivity contribution is 5.84. The SMILES string of the molecule is Nc1ccc(Oc2ccc(-c3cccc4c3Cc3ccccc3-4)cc2)nc1. The zero-order valence-electron chi connectivity index (χ0n) is 14.7. The monoisotopic (exact) mass is 350 g/mol. The summed E-state index contributed by atoms with van der Waals surface area (Å²) in [7, 11) is 0. The molecule has 3 heteroatoms. The van der Waals surface area contributed by atoms with Crippen LogP contribution in [0.2, 0.25) is 0 Å².